The number of nitrogens with two attached hydrogens (primary N) is 1. The molecule has 1 unspecified atom stereocenters. The van der Waals surface area contributed by atoms with Gasteiger partial charge in [0.25, 0.3) is 5.91 Å². The van der Waals surface area contributed by atoms with Gasteiger partial charge in [-0.2, -0.15) is 0 Å². The molecule has 1 aliphatic carbocycles. The lowest BCUT2D eigenvalue weighted by atomic mass is 10.00. The minimum absolute atomic E-state index is 0.371. The highest BCUT2D eigenvalue weighted by Crippen LogP contribution is 2.31. The summed E-state index contributed by atoms with van der Waals surface area (Å²) in [5.74, 6) is -2.69. The third kappa shape index (κ3) is 3.41. The van der Waals surface area contributed by atoms with Crippen LogP contribution in [-0.4, -0.2) is 33.9 Å². The summed E-state index contributed by atoms with van der Waals surface area (Å²) in [6, 6.07) is 3.67. The molecule has 1 aromatic carbocycles. The molecule has 0 spiro atoms. The lowest BCUT2D eigenvalue weighted by Gasteiger charge is -2.16. The highest BCUT2D eigenvalue weighted by molar-refractivity contribution is 6.31. The van der Waals surface area contributed by atoms with Crippen LogP contribution in [0.15, 0.2) is 18.2 Å². The second kappa shape index (κ2) is 6.68. The predicted octanol–water partition coefficient (Wildman–Crippen LogP) is 1.44. The van der Waals surface area contributed by atoms with E-state index in [1.165, 1.54) is 0 Å². The number of hydrogen-bond donors (Lipinski definition) is 3. The number of halogens is 1. The van der Waals surface area contributed by atoms with Crippen LogP contribution in [0.2, 0.25) is 5.02 Å². The molecule has 1 atom stereocenters. The largest absolute Gasteiger partial charge is 0.480 e. The first-order valence-corrected chi connectivity index (χ1v) is 8.17. The van der Waals surface area contributed by atoms with Crippen molar-refractivity contribution in [3.8, 4) is 0 Å². The van der Waals surface area contributed by atoms with E-state index >= 15 is 0 Å². The first-order chi connectivity index (χ1) is 11.9. The number of rotatable bonds is 5. The summed E-state index contributed by atoms with van der Waals surface area (Å²) in [6.07, 6.45) is 1.84. The van der Waals surface area contributed by atoms with Gasteiger partial charge in [0.15, 0.2) is 0 Å². The Hall–Kier alpha value is -2.67. The van der Waals surface area contributed by atoms with Crippen LogP contribution in [0.3, 0.4) is 0 Å². The van der Waals surface area contributed by atoms with E-state index in [-0.39, 0.29) is 0 Å². The van der Waals surface area contributed by atoms with Crippen molar-refractivity contribution in [1.29, 1.82) is 0 Å². The molecule has 0 saturated carbocycles. The van der Waals surface area contributed by atoms with Crippen LogP contribution in [0, 0.1) is 0 Å². The molecule has 25 heavy (non-hydrogen) atoms. The number of amides is 2. The Bertz CT molecular complexity index is 897. The molecule has 8 heteroatoms. The topological polar surface area (TPSA) is 122 Å². The number of carboxylic acids is 1. The Morgan fingerprint density at radius 3 is 2.76 bits per heavy atom. The second-order valence-electron chi connectivity index (χ2n) is 5.96. The van der Waals surface area contributed by atoms with Crippen molar-refractivity contribution in [3.63, 3.8) is 0 Å². The van der Waals surface area contributed by atoms with Gasteiger partial charge in [-0.3, -0.25) is 14.6 Å². The fraction of sp³-hybridized carbons (Fsp3) is 0.294. The molecular weight excluding hydrogens is 346 g/mol. The molecule has 1 heterocycles. The van der Waals surface area contributed by atoms with Crippen LogP contribution in [0.1, 0.15) is 34.5 Å². The number of primary amides is 1. The molecule has 7 nitrogen and oxygen atoms in total. The number of carbonyl (C=O) groups excluding carboxylic acids is 2. The number of hydrogen-bond acceptors (Lipinski definition) is 4. The molecule has 1 aromatic heterocycles. The maximum Gasteiger partial charge on any atom is 0.326 e. The van der Waals surface area contributed by atoms with Crippen molar-refractivity contribution < 1.29 is 19.5 Å². The molecule has 4 N–H and O–H groups in total. The Morgan fingerprint density at radius 2 is 2.08 bits per heavy atom. The average Bonchev–Trinajstić information content (AvgIpc) is 2.99. The summed E-state index contributed by atoms with van der Waals surface area (Å²) in [5, 5.41) is 12.6. The first kappa shape index (κ1) is 17.2. The zero-order valence-corrected chi connectivity index (χ0v) is 14.0. The van der Waals surface area contributed by atoms with Crippen LogP contribution in [0.25, 0.3) is 10.9 Å². The van der Waals surface area contributed by atoms with Crippen LogP contribution < -0.4 is 11.1 Å². The average molecular weight is 362 g/mol. The van der Waals surface area contributed by atoms with Gasteiger partial charge in [-0.05, 0) is 43.0 Å². The fourth-order valence-electron chi connectivity index (χ4n) is 3.13. The summed E-state index contributed by atoms with van der Waals surface area (Å²) in [4.78, 5) is 39.8. The van der Waals surface area contributed by atoms with Crippen molar-refractivity contribution in [2.24, 2.45) is 5.73 Å². The summed E-state index contributed by atoms with van der Waals surface area (Å²) in [6.45, 7) is 0. The highest BCUT2D eigenvalue weighted by Gasteiger charge is 2.28. The second-order valence-corrected chi connectivity index (χ2v) is 6.40. The molecule has 0 bridgehead atoms. The number of aromatic nitrogens is 1. The Kier molecular flexibility index (Phi) is 4.59. The van der Waals surface area contributed by atoms with Crippen molar-refractivity contribution >= 4 is 40.3 Å². The number of benzene rings is 1. The molecule has 1 aliphatic rings. The van der Waals surface area contributed by atoms with E-state index in [1.807, 2.05) is 0 Å². The summed E-state index contributed by atoms with van der Waals surface area (Å²) in [5.41, 5.74) is 7.69. The number of nitrogens with one attached hydrogen (secondary N) is 1. The van der Waals surface area contributed by atoms with Crippen molar-refractivity contribution in [2.75, 3.05) is 0 Å². The van der Waals surface area contributed by atoms with E-state index < -0.39 is 30.2 Å². The van der Waals surface area contributed by atoms with Gasteiger partial charge in [0.1, 0.15) is 6.04 Å². The van der Waals surface area contributed by atoms with E-state index in [9.17, 15) is 19.5 Å². The number of aliphatic carboxylic acids is 1. The molecule has 130 valence electrons. The Morgan fingerprint density at radius 1 is 1.32 bits per heavy atom. The molecule has 2 aromatic rings. The number of nitrogens with zero attached hydrogens (tertiary/aromatic N) is 1. The smallest absolute Gasteiger partial charge is 0.326 e. The molecule has 0 fully saturated rings. The molecule has 2 amide bonds. The molecule has 0 radical (unpaired) electrons. The van der Waals surface area contributed by atoms with Gasteiger partial charge in [0.05, 0.1) is 17.5 Å². The Labute approximate surface area is 148 Å². The lowest BCUT2D eigenvalue weighted by Crippen LogP contribution is -2.43. The molecular formula is C17H16ClN3O4. The standard InChI is InChI=1S/C17H16ClN3O4/c18-8-4-5-12-10(6-8)15(9-2-1-3-11(9)20-12)16(23)21-13(17(24)25)7-14(19)22/h4-6,13H,1-3,7H2,(H2,19,22)(H,21,23)(H,24,25). The van der Waals surface area contributed by atoms with Gasteiger partial charge < -0.3 is 16.2 Å². The number of pyridine rings is 1. The summed E-state index contributed by atoms with van der Waals surface area (Å²) < 4.78 is 0. The van der Waals surface area contributed by atoms with Crippen molar-refractivity contribution in [2.45, 2.75) is 31.7 Å². The molecule has 0 saturated heterocycles. The van der Waals surface area contributed by atoms with E-state index in [0.29, 0.717) is 27.9 Å². The van der Waals surface area contributed by atoms with Crippen LogP contribution in [-0.2, 0) is 22.4 Å². The van der Waals surface area contributed by atoms with Crippen molar-refractivity contribution in [3.05, 3.63) is 40.0 Å². The third-order valence-electron chi connectivity index (χ3n) is 4.21. The quantitative estimate of drug-likeness (QED) is 0.743. The number of carbonyl (C=O) groups is 3. The van der Waals surface area contributed by atoms with Crippen molar-refractivity contribution in [1.82, 2.24) is 10.3 Å². The SMILES string of the molecule is NC(=O)CC(NC(=O)c1c2c(nc3ccc(Cl)cc13)CCC2)C(=O)O. The maximum atomic E-state index is 12.8. The van der Waals surface area contributed by atoms with Gasteiger partial charge in [0.2, 0.25) is 5.91 Å². The molecule has 3 rings (SSSR count). The lowest BCUT2D eigenvalue weighted by molar-refractivity contribution is -0.140. The number of fused-ring (bicyclic) bond motifs is 2. The van der Waals surface area contributed by atoms with Gasteiger partial charge in [-0.15, -0.1) is 0 Å². The van der Waals surface area contributed by atoms with E-state index in [2.05, 4.69) is 10.3 Å². The third-order valence-corrected chi connectivity index (χ3v) is 4.44. The highest BCUT2D eigenvalue weighted by atomic mass is 35.5. The zero-order valence-electron chi connectivity index (χ0n) is 13.2. The monoisotopic (exact) mass is 361 g/mol. The van der Waals surface area contributed by atoms with E-state index in [4.69, 9.17) is 17.3 Å². The normalized spacial score (nSPS) is 14.1. The van der Waals surface area contributed by atoms with Gasteiger partial charge in [-0.25, -0.2) is 4.79 Å². The van der Waals surface area contributed by atoms with E-state index in [1.54, 1.807) is 18.2 Å². The van der Waals surface area contributed by atoms with Gasteiger partial charge in [0, 0.05) is 16.1 Å². The van der Waals surface area contributed by atoms with Crippen LogP contribution >= 0.6 is 11.6 Å². The fourth-order valence-corrected chi connectivity index (χ4v) is 3.30. The van der Waals surface area contributed by atoms with Gasteiger partial charge >= 0.3 is 5.97 Å². The number of carboxylic acid groups (broad SMARTS) is 1. The minimum atomic E-state index is -1.38. The number of aryl methyl sites for hydroxylation is 1. The summed E-state index contributed by atoms with van der Waals surface area (Å²) >= 11 is 6.06. The van der Waals surface area contributed by atoms with Crippen LogP contribution in [0.5, 0.6) is 0 Å². The maximum absolute atomic E-state index is 12.8. The molecule has 0 aliphatic heterocycles. The van der Waals surface area contributed by atoms with Gasteiger partial charge in [-0.1, -0.05) is 11.6 Å². The van der Waals surface area contributed by atoms with E-state index in [0.717, 1.165) is 24.1 Å². The van der Waals surface area contributed by atoms with Crippen LogP contribution in [0.4, 0.5) is 0 Å². The summed E-state index contributed by atoms with van der Waals surface area (Å²) in [7, 11) is 0. The minimum Gasteiger partial charge on any atom is -0.480 e. The zero-order chi connectivity index (χ0) is 18.1. The first-order valence-electron chi connectivity index (χ1n) is 7.80. The Balaban J connectivity index is 2.07. The predicted molar refractivity (Wildman–Crippen MR) is 91.5 cm³/mol.